The minimum Gasteiger partial charge on any atom is -0.492 e. The van der Waals surface area contributed by atoms with E-state index in [4.69, 9.17) is 9.47 Å². The molecule has 2 amide bonds. The molecule has 206 valence electrons. The van der Waals surface area contributed by atoms with Crippen molar-refractivity contribution in [1.29, 1.82) is 0 Å². The lowest BCUT2D eigenvalue weighted by molar-refractivity contribution is -0.391. The number of nitrogens with zero attached hydrogens (tertiary/aromatic N) is 1. The van der Waals surface area contributed by atoms with Gasteiger partial charge in [0, 0.05) is 26.1 Å². The highest BCUT2D eigenvalue weighted by Crippen LogP contribution is 2.36. The molecule has 2 N–H and O–H groups in total. The Bertz CT molecular complexity index is 792. The lowest BCUT2D eigenvalue weighted by Crippen LogP contribution is -2.44. The summed E-state index contributed by atoms with van der Waals surface area (Å²) in [6.07, 6.45) is -10.6. The number of aliphatic carboxylic acids is 1. The number of hydrogen-bond acceptors (Lipinski definition) is 5. The van der Waals surface area contributed by atoms with Gasteiger partial charge in [-0.15, -0.1) is 0 Å². The zero-order valence-corrected chi connectivity index (χ0v) is 20.3. The number of carbonyl (C=O) groups is 2. The Morgan fingerprint density at radius 2 is 1.69 bits per heavy atom. The molecule has 0 spiro atoms. The normalized spacial score (nSPS) is 12.8. The molecule has 0 aliphatic carbocycles. The molecule has 36 heavy (non-hydrogen) atoms. The number of carboxylic acids is 1. The van der Waals surface area contributed by atoms with Crippen molar-refractivity contribution in [2.45, 2.75) is 57.9 Å². The number of ether oxygens (including phenoxy) is 3. The molecule has 0 aliphatic heterocycles. The van der Waals surface area contributed by atoms with Crippen LogP contribution in [-0.4, -0.2) is 79.9 Å². The lowest BCUT2D eigenvalue weighted by atomic mass is 10.1. The van der Waals surface area contributed by atoms with Crippen LogP contribution < -0.4 is 10.1 Å². The van der Waals surface area contributed by atoms with E-state index in [2.05, 4.69) is 10.1 Å². The first-order valence-corrected chi connectivity index (χ1v) is 11.6. The molecule has 1 aromatic carbocycles. The van der Waals surface area contributed by atoms with Crippen molar-refractivity contribution in [3.8, 4) is 5.75 Å². The number of rotatable bonds is 17. The van der Waals surface area contributed by atoms with Gasteiger partial charge < -0.3 is 29.5 Å². The van der Waals surface area contributed by atoms with Gasteiger partial charge in [0.05, 0.1) is 13.2 Å². The number of carboxylic acid groups (broad SMARTS) is 1. The summed E-state index contributed by atoms with van der Waals surface area (Å²) in [5.74, 6) is -0.622. The lowest BCUT2D eigenvalue weighted by Gasteiger charge is -2.24. The maximum Gasteiger partial charge on any atom is 0.482 e. The molecule has 0 aliphatic rings. The summed E-state index contributed by atoms with van der Waals surface area (Å²) in [4.78, 5) is 24.9. The van der Waals surface area contributed by atoms with Crippen LogP contribution in [0.3, 0.4) is 0 Å². The summed E-state index contributed by atoms with van der Waals surface area (Å²) in [6, 6.07) is 6.10. The monoisotopic (exact) mass is 528 g/mol. The molecule has 0 saturated heterocycles. The van der Waals surface area contributed by atoms with Gasteiger partial charge >= 0.3 is 24.3 Å². The Morgan fingerprint density at radius 1 is 1.03 bits per heavy atom. The molecule has 0 heterocycles. The second-order valence-corrected chi connectivity index (χ2v) is 7.77. The molecule has 1 unspecified atom stereocenters. The van der Waals surface area contributed by atoms with Crippen molar-refractivity contribution in [3.63, 3.8) is 0 Å². The molecule has 1 atom stereocenters. The summed E-state index contributed by atoms with van der Waals surface area (Å²) >= 11 is 0. The number of unbranched alkanes of at least 4 members (excludes halogenated alkanes) is 1. The minimum absolute atomic E-state index is 0.0246. The van der Waals surface area contributed by atoms with Crippen molar-refractivity contribution >= 4 is 12.0 Å². The third-order valence-corrected chi connectivity index (χ3v) is 4.90. The van der Waals surface area contributed by atoms with Crippen molar-refractivity contribution in [1.82, 2.24) is 10.2 Å². The predicted octanol–water partition coefficient (Wildman–Crippen LogP) is 4.47. The second kappa shape index (κ2) is 15.4. The van der Waals surface area contributed by atoms with E-state index in [-0.39, 0.29) is 39.1 Å². The zero-order chi connectivity index (χ0) is 27.2. The van der Waals surface area contributed by atoms with Gasteiger partial charge in [-0.25, -0.2) is 9.59 Å². The summed E-state index contributed by atoms with van der Waals surface area (Å²) in [7, 11) is 0. The van der Waals surface area contributed by atoms with Crippen LogP contribution in [0, 0.1) is 0 Å². The number of nitrogens with one attached hydrogen (secondary N) is 1. The summed E-state index contributed by atoms with van der Waals surface area (Å²) in [6.45, 7) is 3.32. The smallest absolute Gasteiger partial charge is 0.482 e. The average Bonchev–Trinajstić information content (AvgIpc) is 2.80. The first-order valence-electron chi connectivity index (χ1n) is 11.6. The molecule has 0 aromatic heterocycles. The molecule has 0 saturated carbocycles. The van der Waals surface area contributed by atoms with Gasteiger partial charge in [0.1, 0.15) is 12.4 Å². The van der Waals surface area contributed by atoms with E-state index < -0.39 is 37.0 Å². The second-order valence-electron chi connectivity index (χ2n) is 7.77. The minimum atomic E-state index is -5.81. The number of urea groups is 1. The van der Waals surface area contributed by atoms with E-state index in [1.165, 1.54) is 4.90 Å². The quantitative estimate of drug-likeness (QED) is 0.229. The number of halogens is 5. The molecule has 13 heteroatoms. The van der Waals surface area contributed by atoms with Crippen LogP contribution in [-0.2, 0) is 20.7 Å². The van der Waals surface area contributed by atoms with E-state index in [9.17, 15) is 36.6 Å². The molecule has 0 fully saturated rings. The summed E-state index contributed by atoms with van der Waals surface area (Å²) in [5, 5.41) is 11.8. The Balaban J connectivity index is 2.61. The van der Waals surface area contributed by atoms with E-state index in [0.29, 0.717) is 12.3 Å². The van der Waals surface area contributed by atoms with Gasteiger partial charge in [0.25, 0.3) is 0 Å². The number of hydrogen-bond donors (Lipinski definition) is 2. The van der Waals surface area contributed by atoms with Crippen LogP contribution in [0.2, 0.25) is 0 Å². The fourth-order valence-electron chi connectivity index (χ4n) is 2.96. The van der Waals surface area contributed by atoms with Crippen molar-refractivity contribution < 1.29 is 50.9 Å². The highest BCUT2D eigenvalue weighted by atomic mass is 19.4. The molecule has 1 rings (SSSR count). The van der Waals surface area contributed by atoms with Gasteiger partial charge in [0.2, 0.25) is 0 Å². The summed E-state index contributed by atoms with van der Waals surface area (Å²) < 4.78 is 76.9. The predicted molar refractivity (Wildman–Crippen MR) is 120 cm³/mol. The van der Waals surface area contributed by atoms with E-state index >= 15 is 0 Å². The number of carbonyl (C=O) groups excluding carboxylic acids is 1. The molecule has 0 radical (unpaired) electrons. The molecular weight excluding hydrogens is 495 g/mol. The topological polar surface area (TPSA) is 97.3 Å². The maximum atomic E-state index is 12.9. The third kappa shape index (κ3) is 11.4. The van der Waals surface area contributed by atoms with Gasteiger partial charge in [-0.2, -0.15) is 22.0 Å². The summed E-state index contributed by atoms with van der Waals surface area (Å²) in [5.41, 5.74) is 0.718. The van der Waals surface area contributed by atoms with Crippen LogP contribution in [0.5, 0.6) is 5.75 Å². The van der Waals surface area contributed by atoms with E-state index in [1.807, 2.05) is 6.92 Å². The Hall–Kier alpha value is -2.67. The maximum absolute atomic E-state index is 12.9. The third-order valence-electron chi connectivity index (χ3n) is 4.90. The van der Waals surface area contributed by atoms with Crippen LogP contribution in [0.15, 0.2) is 24.3 Å². The molecule has 8 nitrogen and oxygen atoms in total. The fraction of sp³-hybridized carbons (Fsp3) is 0.652. The van der Waals surface area contributed by atoms with Crippen LogP contribution in [0.25, 0.3) is 0 Å². The largest absolute Gasteiger partial charge is 0.492 e. The van der Waals surface area contributed by atoms with Gasteiger partial charge in [-0.3, -0.25) is 0 Å². The molecule has 0 bridgehead atoms. The SMILES string of the molecule is CCCCNC(=O)N(CCCOC(F)(F)C(F)(F)F)CCOc1ccc(CC(OCC)C(=O)O)cc1. The number of alkyl halides is 5. The zero-order valence-electron chi connectivity index (χ0n) is 20.3. The highest BCUT2D eigenvalue weighted by molar-refractivity contribution is 5.74. The van der Waals surface area contributed by atoms with Crippen LogP contribution in [0.1, 0.15) is 38.7 Å². The Morgan fingerprint density at radius 3 is 2.25 bits per heavy atom. The van der Waals surface area contributed by atoms with Gasteiger partial charge in [0.15, 0.2) is 6.10 Å². The Kier molecular flexibility index (Phi) is 13.5. The first kappa shape index (κ1) is 31.4. The molecule has 1 aromatic rings. The molecular formula is C23H33F5N2O6. The highest BCUT2D eigenvalue weighted by Gasteiger charge is 2.59. The average molecular weight is 529 g/mol. The van der Waals surface area contributed by atoms with Gasteiger partial charge in [-0.1, -0.05) is 25.5 Å². The van der Waals surface area contributed by atoms with E-state index in [1.54, 1.807) is 31.2 Å². The van der Waals surface area contributed by atoms with Crippen LogP contribution in [0.4, 0.5) is 26.7 Å². The Labute approximate surface area is 206 Å². The fourth-order valence-corrected chi connectivity index (χ4v) is 2.96. The van der Waals surface area contributed by atoms with Crippen molar-refractivity contribution in [3.05, 3.63) is 29.8 Å². The first-order chi connectivity index (χ1) is 16.9. The van der Waals surface area contributed by atoms with Crippen molar-refractivity contribution in [2.75, 3.05) is 39.5 Å². The number of benzene rings is 1. The standard InChI is InChI=1S/C23H33F5N2O6/c1-3-5-11-29-21(33)30(12-6-14-36-23(27,28)22(24,25)26)13-15-35-18-9-7-17(8-10-18)16-19(20(31)32)34-4-2/h7-10,19H,3-6,11-16H2,1-2H3,(H,29,33)(H,31,32). The van der Waals surface area contributed by atoms with Crippen LogP contribution >= 0.6 is 0 Å². The number of amides is 2. The van der Waals surface area contributed by atoms with Gasteiger partial charge in [-0.05, 0) is 37.5 Å². The van der Waals surface area contributed by atoms with E-state index in [0.717, 1.165) is 18.4 Å². The van der Waals surface area contributed by atoms with Crippen molar-refractivity contribution in [2.24, 2.45) is 0 Å².